The van der Waals surface area contributed by atoms with Gasteiger partial charge in [0.1, 0.15) is 5.75 Å². The second-order valence-electron chi connectivity index (χ2n) is 8.72. The molecule has 5 heteroatoms. The SMILES string of the molecule is COc1ccc(Br)c2c1/C(=N/OC(=O)C13CC4CC(CC(C4)C1)C3)CC2. The summed E-state index contributed by atoms with van der Waals surface area (Å²) < 4.78 is 6.57. The molecule has 0 radical (unpaired) electrons. The highest BCUT2D eigenvalue weighted by atomic mass is 79.9. The number of fused-ring (bicyclic) bond motifs is 1. The fraction of sp³-hybridized carbons (Fsp3) is 0.619. The van der Waals surface area contributed by atoms with Crippen molar-refractivity contribution in [2.45, 2.75) is 51.4 Å². The maximum Gasteiger partial charge on any atom is 0.341 e. The van der Waals surface area contributed by atoms with Gasteiger partial charge in [0, 0.05) is 10.0 Å². The molecule has 4 fully saturated rings. The van der Waals surface area contributed by atoms with Gasteiger partial charge in [0.2, 0.25) is 0 Å². The number of hydrogen-bond acceptors (Lipinski definition) is 4. The Morgan fingerprint density at radius 2 is 1.77 bits per heavy atom. The highest BCUT2D eigenvalue weighted by molar-refractivity contribution is 9.10. The van der Waals surface area contributed by atoms with E-state index >= 15 is 0 Å². The lowest BCUT2D eigenvalue weighted by molar-refractivity contribution is -0.171. The monoisotopic (exact) mass is 417 g/mol. The normalized spacial score (nSPS) is 35.6. The molecule has 4 saturated carbocycles. The number of oxime groups is 1. The number of carbonyl (C=O) groups excluding carboxylic acids is 1. The molecule has 1 aromatic rings. The first-order valence-corrected chi connectivity index (χ1v) is 10.5. The van der Waals surface area contributed by atoms with Gasteiger partial charge in [-0.15, -0.1) is 0 Å². The lowest BCUT2D eigenvalue weighted by Gasteiger charge is -2.54. The second kappa shape index (κ2) is 6.08. The summed E-state index contributed by atoms with van der Waals surface area (Å²) in [4.78, 5) is 18.6. The van der Waals surface area contributed by atoms with Gasteiger partial charge in [0.15, 0.2) is 0 Å². The molecule has 0 aromatic heterocycles. The summed E-state index contributed by atoms with van der Waals surface area (Å²) in [5.74, 6) is 2.89. The molecule has 26 heavy (non-hydrogen) atoms. The fourth-order valence-corrected chi connectivity index (χ4v) is 6.87. The number of nitrogens with zero attached hydrogens (tertiary/aromatic N) is 1. The quantitative estimate of drug-likeness (QED) is 0.520. The first-order valence-electron chi connectivity index (χ1n) is 9.72. The molecule has 4 bridgehead atoms. The molecule has 0 heterocycles. The number of carbonyl (C=O) groups is 1. The van der Waals surface area contributed by atoms with Crippen molar-refractivity contribution in [2.75, 3.05) is 7.11 Å². The zero-order valence-corrected chi connectivity index (χ0v) is 16.7. The largest absolute Gasteiger partial charge is 0.496 e. The van der Waals surface area contributed by atoms with Crippen molar-refractivity contribution in [1.82, 2.24) is 0 Å². The summed E-state index contributed by atoms with van der Waals surface area (Å²) >= 11 is 3.61. The van der Waals surface area contributed by atoms with E-state index in [2.05, 4.69) is 21.1 Å². The molecule has 0 amide bonds. The summed E-state index contributed by atoms with van der Waals surface area (Å²) in [5.41, 5.74) is 2.74. The van der Waals surface area contributed by atoms with Gasteiger partial charge in [-0.1, -0.05) is 21.1 Å². The van der Waals surface area contributed by atoms with Gasteiger partial charge in [-0.05, 0) is 86.8 Å². The molecule has 0 aliphatic heterocycles. The summed E-state index contributed by atoms with van der Waals surface area (Å²) in [6, 6.07) is 3.94. The predicted octanol–water partition coefficient (Wildman–Crippen LogP) is 4.87. The standard InChI is InChI=1S/C21H24BrNO3/c1-25-18-5-3-16(22)15-2-4-17(19(15)18)23-26-20(24)21-9-12-6-13(10-21)8-14(7-12)11-21/h3,5,12-14H,2,4,6-11H2,1H3/b23-17+. The van der Waals surface area contributed by atoms with E-state index < -0.39 is 0 Å². The molecule has 0 saturated heterocycles. The Hall–Kier alpha value is -1.36. The van der Waals surface area contributed by atoms with Crippen molar-refractivity contribution in [3.05, 3.63) is 27.7 Å². The Kier molecular flexibility index (Phi) is 3.93. The summed E-state index contributed by atoms with van der Waals surface area (Å²) in [7, 11) is 1.67. The molecule has 0 spiro atoms. The van der Waals surface area contributed by atoms with Crippen molar-refractivity contribution in [2.24, 2.45) is 28.3 Å². The third-order valence-electron chi connectivity index (χ3n) is 7.05. The summed E-state index contributed by atoms with van der Waals surface area (Å²) in [6.45, 7) is 0. The minimum atomic E-state index is -0.262. The van der Waals surface area contributed by atoms with Gasteiger partial charge in [-0.3, -0.25) is 0 Å². The summed E-state index contributed by atoms with van der Waals surface area (Å²) in [6.07, 6.45) is 8.65. The maximum atomic E-state index is 13.0. The molecule has 138 valence electrons. The maximum absolute atomic E-state index is 13.0. The molecule has 1 aromatic carbocycles. The third kappa shape index (κ3) is 2.54. The average molecular weight is 418 g/mol. The van der Waals surface area contributed by atoms with E-state index in [0.717, 1.165) is 71.4 Å². The second-order valence-corrected chi connectivity index (χ2v) is 9.57. The third-order valence-corrected chi connectivity index (χ3v) is 7.79. The lowest BCUT2D eigenvalue weighted by Crippen LogP contribution is -2.50. The number of halogens is 1. The minimum absolute atomic E-state index is 0.0912. The molecule has 5 aliphatic carbocycles. The first kappa shape index (κ1) is 16.8. The number of methoxy groups -OCH3 is 1. The number of hydrogen-bond donors (Lipinski definition) is 0. The van der Waals surface area contributed by atoms with Crippen LogP contribution in [-0.2, 0) is 16.1 Å². The van der Waals surface area contributed by atoms with E-state index in [-0.39, 0.29) is 11.4 Å². The first-order chi connectivity index (χ1) is 12.6. The number of ether oxygens (including phenoxy) is 1. The van der Waals surface area contributed by atoms with Crippen molar-refractivity contribution >= 4 is 27.6 Å². The van der Waals surface area contributed by atoms with Gasteiger partial charge in [0.05, 0.1) is 18.2 Å². The highest BCUT2D eigenvalue weighted by Crippen LogP contribution is 2.60. The molecular formula is C21H24BrNO3. The van der Waals surface area contributed by atoms with E-state index in [1.54, 1.807) is 7.11 Å². The smallest absolute Gasteiger partial charge is 0.341 e. The van der Waals surface area contributed by atoms with Gasteiger partial charge in [-0.2, -0.15) is 0 Å². The van der Waals surface area contributed by atoms with E-state index in [1.165, 1.54) is 24.8 Å². The van der Waals surface area contributed by atoms with Gasteiger partial charge < -0.3 is 9.57 Å². The molecule has 5 aliphatic rings. The van der Waals surface area contributed by atoms with Crippen molar-refractivity contribution in [3.8, 4) is 5.75 Å². The Morgan fingerprint density at radius 3 is 2.38 bits per heavy atom. The molecule has 6 rings (SSSR count). The van der Waals surface area contributed by atoms with Gasteiger partial charge in [0.25, 0.3) is 0 Å². The molecule has 0 unspecified atom stereocenters. The van der Waals surface area contributed by atoms with Crippen molar-refractivity contribution in [3.63, 3.8) is 0 Å². The Bertz CT molecular complexity index is 765. The van der Waals surface area contributed by atoms with Gasteiger partial charge >= 0.3 is 5.97 Å². The molecule has 0 N–H and O–H groups in total. The van der Waals surface area contributed by atoms with Crippen LogP contribution in [-0.4, -0.2) is 18.8 Å². The van der Waals surface area contributed by atoms with Crippen LogP contribution in [0, 0.1) is 23.2 Å². The highest BCUT2D eigenvalue weighted by Gasteiger charge is 2.55. The van der Waals surface area contributed by atoms with E-state index in [0.29, 0.717) is 0 Å². The van der Waals surface area contributed by atoms with Crippen LogP contribution in [0.2, 0.25) is 0 Å². The number of rotatable bonds is 3. The van der Waals surface area contributed by atoms with Crippen LogP contribution in [0.25, 0.3) is 0 Å². The Labute approximate surface area is 162 Å². The lowest BCUT2D eigenvalue weighted by atomic mass is 9.49. The Morgan fingerprint density at radius 1 is 1.12 bits per heavy atom. The fourth-order valence-electron chi connectivity index (χ4n) is 6.35. The zero-order chi connectivity index (χ0) is 17.9. The van der Waals surface area contributed by atoms with Crippen LogP contribution >= 0.6 is 15.9 Å². The van der Waals surface area contributed by atoms with E-state index in [1.807, 2.05) is 12.1 Å². The van der Waals surface area contributed by atoms with Gasteiger partial charge in [-0.25, -0.2) is 4.79 Å². The molecular weight excluding hydrogens is 394 g/mol. The van der Waals surface area contributed by atoms with E-state index in [9.17, 15) is 4.79 Å². The topological polar surface area (TPSA) is 47.9 Å². The Balaban J connectivity index is 1.39. The van der Waals surface area contributed by atoms with Crippen LogP contribution in [0.4, 0.5) is 0 Å². The van der Waals surface area contributed by atoms with Crippen LogP contribution in [0.15, 0.2) is 21.8 Å². The molecule has 4 nitrogen and oxygen atoms in total. The van der Waals surface area contributed by atoms with Crippen molar-refractivity contribution < 1.29 is 14.4 Å². The molecule has 0 atom stereocenters. The van der Waals surface area contributed by atoms with Crippen LogP contribution in [0.1, 0.15) is 56.1 Å². The van der Waals surface area contributed by atoms with Crippen molar-refractivity contribution in [1.29, 1.82) is 0 Å². The summed E-state index contributed by atoms with van der Waals surface area (Å²) in [5, 5.41) is 4.34. The predicted molar refractivity (Wildman–Crippen MR) is 102 cm³/mol. The number of benzene rings is 1. The van der Waals surface area contributed by atoms with Crippen LogP contribution < -0.4 is 4.74 Å². The minimum Gasteiger partial charge on any atom is -0.496 e. The van der Waals surface area contributed by atoms with Crippen LogP contribution in [0.3, 0.4) is 0 Å². The van der Waals surface area contributed by atoms with Crippen LogP contribution in [0.5, 0.6) is 5.75 Å². The average Bonchev–Trinajstić information content (AvgIpc) is 3.04. The van der Waals surface area contributed by atoms with E-state index in [4.69, 9.17) is 9.57 Å². The zero-order valence-electron chi connectivity index (χ0n) is 15.1.